The lowest BCUT2D eigenvalue weighted by Crippen LogP contribution is -2.47. The normalized spacial score (nSPS) is 31.9. The number of benzene rings is 1. The molecule has 1 aromatic carbocycles. The minimum atomic E-state index is -0.138. The van der Waals surface area contributed by atoms with E-state index in [1.54, 1.807) is 0 Å². The summed E-state index contributed by atoms with van der Waals surface area (Å²) in [6.07, 6.45) is 9.32. The SMILES string of the molecule is O=C1C[C@H]2CCCC[C@@]23c2cc4c(cc2C=CN13)OCO4. The van der Waals surface area contributed by atoms with Crippen LogP contribution in [0.2, 0.25) is 0 Å². The van der Waals surface area contributed by atoms with E-state index in [-0.39, 0.29) is 11.4 Å². The van der Waals surface area contributed by atoms with Gasteiger partial charge in [-0.25, -0.2) is 0 Å². The van der Waals surface area contributed by atoms with E-state index in [9.17, 15) is 4.79 Å². The van der Waals surface area contributed by atoms with Crippen LogP contribution in [0.15, 0.2) is 18.3 Å². The van der Waals surface area contributed by atoms with Gasteiger partial charge in [-0.3, -0.25) is 4.79 Å². The Balaban J connectivity index is 1.76. The van der Waals surface area contributed by atoms with Gasteiger partial charge in [-0.1, -0.05) is 12.8 Å². The molecule has 4 aliphatic rings. The zero-order valence-corrected chi connectivity index (χ0v) is 11.8. The third-order valence-electron chi connectivity index (χ3n) is 5.57. The number of rotatable bonds is 0. The van der Waals surface area contributed by atoms with Crippen LogP contribution in [0.3, 0.4) is 0 Å². The molecule has 1 amide bonds. The van der Waals surface area contributed by atoms with Gasteiger partial charge in [-0.2, -0.15) is 0 Å². The van der Waals surface area contributed by atoms with Gasteiger partial charge < -0.3 is 14.4 Å². The number of ether oxygens (including phenoxy) is 2. The third kappa shape index (κ3) is 1.33. The van der Waals surface area contributed by atoms with Gasteiger partial charge in [0.2, 0.25) is 12.7 Å². The first-order valence-electron chi connectivity index (χ1n) is 7.73. The molecule has 4 nitrogen and oxygen atoms in total. The van der Waals surface area contributed by atoms with Gasteiger partial charge in [0.15, 0.2) is 11.5 Å². The summed E-state index contributed by atoms with van der Waals surface area (Å²) in [6.45, 7) is 0.293. The molecule has 1 aliphatic carbocycles. The Hall–Kier alpha value is -1.97. The molecule has 2 atom stereocenters. The molecule has 0 unspecified atom stereocenters. The maximum atomic E-state index is 12.4. The molecule has 1 saturated heterocycles. The monoisotopic (exact) mass is 283 g/mol. The fraction of sp³-hybridized carbons (Fsp3) is 0.471. The van der Waals surface area contributed by atoms with Gasteiger partial charge in [0.05, 0.1) is 5.54 Å². The molecule has 108 valence electrons. The van der Waals surface area contributed by atoms with Crippen molar-refractivity contribution in [2.45, 2.75) is 37.6 Å². The second kappa shape index (κ2) is 3.81. The van der Waals surface area contributed by atoms with Gasteiger partial charge in [-0.15, -0.1) is 0 Å². The number of amides is 1. The van der Waals surface area contributed by atoms with E-state index >= 15 is 0 Å². The van der Waals surface area contributed by atoms with Crippen LogP contribution in [0, 0.1) is 5.92 Å². The third-order valence-corrected chi connectivity index (χ3v) is 5.57. The smallest absolute Gasteiger partial charge is 0.231 e. The molecule has 21 heavy (non-hydrogen) atoms. The van der Waals surface area contributed by atoms with Crippen LogP contribution in [-0.2, 0) is 10.3 Å². The lowest BCUT2D eigenvalue weighted by molar-refractivity contribution is -0.128. The van der Waals surface area contributed by atoms with Gasteiger partial charge in [0.1, 0.15) is 0 Å². The van der Waals surface area contributed by atoms with E-state index in [2.05, 4.69) is 12.1 Å². The Morgan fingerprint density at radius 3 is 2.95 bits per heavy atom. The van der Waals surface area contributed by atoms with Crippen LogP contribution in [0.5, 0.6) is 11.5 Å². The second-order valence-electron chi connectivity index (χ2n) is 6.44. The highest BCUT2D eigenvalue weighted by molar-refractivity contribution is 5.85. The fourth-order valence-electron chi connectivity index (χ4n) is 4.67. The molecular weight excluding hydrogens is 266 g/mol. The average molecular weight is 283 g/mol. The molecule has 0 radical (unpaired) electrons. The van der Waals surface area contributed by atoms with Crippen LogP contribution in [0.4, 0.5) is 0 Å². The lowest BCUT2D eigenvalue weighted by atomic mass is 9.67. The summed E-state index contributed by atoms with van der Waals surface area (Å²) in [4.78, 5) is 14.4. The molecule has 0 N–H and O–H groups in total. The highest BCUT2D eigenvalue weighted by Crippen LogP contribution is 2.56. The van der Waals surface area contributed by atoms with Crippen molar-refractivity contribution < 1.29 is 14.3 Å². The molecule has 0 aromatic heterocycles. The highest BCUT2D eigenvalue weighted by Gasteiger charge is 2.55. The molecule has 0 bridgehead atoms. The van der Waals surface area contributed by atoms with Crippen LogP contribution >= 0.6 is 0 Å². The predicted octanol–water partition coefficient (Wildman–Crippen LogP) is 3.02. The van der Waals surface area contributed by atoms with E-state index in [0.717, 1.165) is 24.3 Å². The summed E-state index contributed by atoms with van der Waals surface area (Å²) in [6, 6.07) is 4.18. The standard InChI is InChI=1S/C17H17NO3/c19-16-8-12-3-1-2-5-17(12)13-9-15-14(20-10-21-15)7-11(13)4-6-18(16)17/h4,6-7,9,12H,1-3,5,8,10H2/t12-,17+/m1/s1. The molecule has 1 aromatic rings. The summed E-state index contributed by atoms with van der Waals surface area (Å²) < 4.78 is 11.1. The van der Waals surface area contributed by atoms with Gasteiger partial charge >= 0.3 is 0 Å². The first-order valence-corrected chi connectivity index (χ1v) is 7.73. The van der Waals surface area contributed by atoms with Gasteiger partial charge in [0, 0.05) is 12.6 Å². The summed E-state index contributed by atoms with van der Waals surface area (Å²) in [5.41, 5.74) is 2.29. The van der Waals surface area contributed by atoms with E-state index in [1.807, 2.05) is 17.2 Å². The van der Waals surface area contributed by atoms with E-state index < -0.39 is 0 Å². The minimum Gasteiger partial charge on any atom is -0.454 e. The molecule has 3 heterocycles. The molecule has 5 rings (SSSR count). The summed E-state index contributed by atoms with van der Waals surface area (Å²) in [5, 5.41) is 0. The number of nitrogens with zero attached hydrogens (tertiary/aromatic N) is 1. The van der Waals surface area contributed by atoms with Crippen molar-refractivity contribution in [2.75, 3.05) is 6.79 Å². The Labute approximate surface area is 123 Å². The van der Waals surface area contributed by atoms with Crippen molar-refractivity contribution in [2.24, 2.45) is 5.92 Å². The summed E-state index contributed by atoms with van der Waals surface area (Å²) in [7, 11) is 0. The van der Waals surface area contributed by atoms with Gasteiger partial charge in [-0.05, 0) is 48.1 Å². The molecule has 1 spiro atoms. The van der Waals surface area contributed by atoms with Crippen molar-refractivity contribution >= 4 is 12.0 Å². The molecule has 4 heteroatoms. The first-order chi connectivity index (χ1) is 10.3. The van der Waals surface area contributed by atoms with Crippen molar-refractivity contribution in [1.29, 1.82) is 0 Å². The number of hydrogen-bond donors (Lipinski definition) is 0. The lowest BCUT2D eigenvalue weighted by Gasteiger charge is -2.46. The maximum absolute atomic E-state index is 12.4. The average Bonchev–Trinajstić information content (AvgIpc) is 3.06. The van der Waals surface area contributed by atoms with Crippen molar-refractivity contribution in [3.8, 4) is 11.5 Å². The first kappa shape index (κ1) is 11.7. The van der Waals surface area contributed by atoms with E-state index in [1.165, 1.54) is 24.0 Å². The van der Waals surface area contributed by atoms with Gasteiger partial charge in [0.25, 0.3) is 0 Å². The zero-order chi connectivity index (χ0) is 14.0. The summed E-state index contributed by atoms with van der Waals surface area (Å²) >= 11 is 0. The van der Waals surface area contributed by atoms with Crippen LogP contribution in [0.25, 0.3) is 6.08 Å². The van der Waals surface area contributed by atoms with Crippen molar-refractivity contribution in [3.05, 3.63) is 29.5 Å². The number of carbonyl (C=O) groups is 1. The summed E-state index contributed by atoms with van der Waals surface area (Å²) in [5.74, 6) is 2.34. The van der Waals surface area contributed by atoms with Crippen LogP contribution in [-0.4, -0.2) is 17.6 Å². The molecule has 2 fully saturated rings. The predicted molar refractivity (Wildman–Crippen MR) is 76.7 cm³/mol. The molecular formula is C17H17NO3. The highest BCUT2D eigenvalue weighted by atomic mass is 16.7. The number of hydrogen-bond acceptors (Lipinski definition) is 3. The number of fused-ring (bicyclic) bond motifs is 2. The van der Waals surface area contributed by atoms with Crippen molar-refractivity contribution in [1.82, 2.24) is 4.90 Å². The Bertz CT molecular complexity index is 681. The fourth-order valence-corrected chi connectivity index (χ4v) is 4.67. The van der Waals surface area contributed by atoms with E-state index in [0.29, 0.717) is 19.1 Å². The Morgan fingerprint density at radius 2 is 2.05 bits per heavy atom. The Morgan fingerprint density at radius 1 is 1.19 bits per heavy atom. The van der Waals surface area contributed by atoms with Crippen molar-refractivity contribution in [3.63, 3.8) is 0 Å². The van der Waals surface area contributed by atoms with E-state index in [4.69, 9.17) is 9.47 Å². The molecule has 3 aliphatic heterocycles. The van der Waals surface area contributed by atoms with Crippen LogP contribution < -0.4 is 9.47 Å². The quantitative estimate of drug-likeness (QED) is 0.734. The second-order valence-corrected chi connectivity index (χ2v) is 6.44. The molecule has 1 saturated carbocycles. The Kier molecular flexibility index (Phi) is 2.12. The van der Waals surface area contributed by atoms with Crippen LogP contribution in [0.1, 0.15) is 43.2 Å². The minimum absolute atomic E-state index is 0.138. The maximum Gasteiger partial charge on any atom is 0.231 e. The zero-order valence-electron chi connectivity index (χ0n) is 11.8. The topological polar surface area (TPSA) is 38.8 Å². The largest absolute Gasteiger partial charge is 0.454 e. The number of carbonyl (C=O) groups excluding carboxylic acids is 1.